The molecule has 4 aromatic carbocycles. The molecule has 0 atom stereocenters. The molecule has 0 fully saturated rings. The molecule has 4 rings (SSSR count). The van der Waals surface area contributed by atoms with Crippen LogP contribution in [0.25, 0.3) is 0 Å². The molecule has 4 aromatic rings. The summed E-state index contributed by atoms with van der Waals surface area (Å²) in [6.45, 7) is 0. The SMILES string of the molecule is c1ccc(CCCCCCCCC[PH](c2ccccc2)(c2ccccc2)c2ccccc2)cc1. The van der Waals surface area contributed by atoms with Gasteiger partial charge in [-0.3, -0.25) is 0 Å². The number of benzene rings is 4. The second-order valence-corrected chi connectivity index (χ2v) is 13.5. The van der Waals surface area contributed by atoms with E-state index in [0.717, 1.165) is 0 Å². The minimum absolute atomic E-state index is 1.22. The van der Waals surface area contributed by atoms with Gasteiger partial charge >= 0.3 is 202 Å². The third-order valence-corrected chi connectivity index (χ3v) is 12.2. The van der Waals surface area contributed by atoms with Crippen LogP contribution in [0.4, 0.5) is 0 Å². The topological polar surface area (TPSA) is 0 Å². The molecule has 0 saturated heterocycles. The number of hydrogen-bond acceptors (Lipinski definition) is 0. The first-order valence-corrected chi connectivity index (χ1v) is 15.3. The third-order valence-electron chi connectivity index (χ3n) is 7.16. The fourth-order valence-corrected chi connectivity index (χ4v) is 10.3. The van der Waals surface area contributed by atoms with Crippen molar-refractivity contribution in [3.63, 3.8) is 0 Å². The van der Waals surface area contributed by atoms with Gasteiger partial charge in [0.1, 0.15) is 0 Å². The van der Waals surface area contributed by atoms with Gasteiger partial charge in [0.05, 0.1) is 0 Å². The molecule has 0 unspecified atom stereocenters. The van der Waals surface area contributed by atoms with Crippen LogP contribution in [0.15, 0.2) is 121 Å². The first kappa shape index (κ1) is 24.4. The zero-order valence-electron chi connectivity index (χ0n) is 20.4. The average molecular weight is 467 g/mol. The van der Waals surface area contributed by atoms with Gasteiger partial charge in [0, 0.05) is 0 Å². The zero-order valence-corrected chi connectivity index (χ0v) is 21.4. The molecule has 0 aliphatic rings. The van der Waals surface area contributed by atoms with Crippen molar-refractivity contribution < 1.29 is 0 Å². The molecule has 0 bridgehead atoms. The van der Waals surface area contributed by atoms with E-state index in [9.17, 15) is 0 Å². The summed E-state index contributed by atoms with van der Waals surface area (Å²) in [5, 5.41) is 4.61. The Kier molecular flexibility index (Phi) is 9.53. The van der Waals surface area contributed by atoms with Crippen molar-refractivity contribution in [2.45, 2.75) is 51.4 Å². The fraction of sp³-hybridized carbons (Fsp3) is 0.273. The Bertz CT molecular complexity index is 962. The zero-order chi connectivity index (χ0) is 23.3. The fourth-order valence-electron chi connectivity index (χ4n) is 5.35. The summed E-state index contributed by atoms with van der Waals surface area (Å²) >= 11 is 0. The van der Waals surface area contributed by atoms with Crippen LogP contribution < -0.4 is 15.9 Å². The molecule has 0 aliphatic carbocycles. The van der Waals surface area contributed by atoms with Crippen molar-refractivity contribution in [1.82, 2.24) is 0 Å². The molecule has 1 heteroatoms. The van der Waals surface area contributed by atoms with Crippen molar-refractivity contribution in [2.24, 2.45) is 0 Å². The molecule has 0 heterocycles. The molecular formula is C33H39P. The van der Waals surface area contributed by atoms with E-state index < -0.39 is 7.26 Å². The average Bonchev–Trinajstić information content (AvgIpc) is 2.92. The molecule has 34 heavy (non-hydrogen) atoms. The molecule has 0 radical (unpaired) electrons. The summed E-state index contributed by atoms with van der Waals surface area (Å²) in [4.78, 5) is 0. The van der Waals surface area contributed by atoms with Gasteiger partial charge in [-0.05, 0) is 0 Å². The summed E-state index contributed by atoms with van der Waals surface area (Å²) < 4.78 is 0. The first-order chi connectivity index (χ1) is 16.9. The van der Waals surface area contributed by atoms with Crippen LogP contribution in [-0.2, 0) is 6.42 Å². The van der Waals surface area contributed by atoms with Crippen LogP contribution in [0.1, 0.15) is 50.5 Å². The monoisotopic (exact) mass is 466 g/mol. The summed E-state index contributed by atoms with van der Waals surface area (Å²) in [5.74, 6) is 0. The van der Waals surface area contributed by atoms with Gasteiger partial charge in [0.15, 0.2) is 0 Å². The van der Waals surface area contributed by atoms with Gasteiger partial charge in [-0.1, -0.05) is 6.07 Å². The van der Waals surface area contributed by atoms with Crippen LogP contribution in [0, 0.1) is 0 Å². The number of hydrogen-bond donors (Lipinski definition) is 0. The summed E-state index contributed by atoms with van der Waals surface area (Å²) in [7, 11) is -2.04. The predicted octanol–water partition coefficient (Wildman–Crippen LogP) is 7.69. The standard InChI is InChI=1S/C33H39P/c1(2-4-10-20-30-21-11-6-12-22-30)3-5-19-29-34(31-23-13-7-14-24-31,32-25-15-8-16-26-32)33-27-17-9-18-28-33/h6-9,11-18,21-28,34H,1-5,10,19-20,29H2. The van der Waals surface area contributed by atoms with Gasteiger partial charge in [0.2, 0.25) is 0 Å². The van der Waals surface area contributed by atoms with Crippen molar-refractivity contribution in [3.8, 4) is 0 Å². The van der Waals surface area contributed by atoms with E-state index in [1.807, 2.05) is 0 Å². The van der Waals surface area contributed by atoms with Crippen LogP contribution in [0.2, 0.25) is 0 Å². The second-order valence-electron chi connectivity index (χ2n) is 9.46. The Morgan fingerprint density at radius 1 is 0.353 bits per heavy atom. The van der Waals surface area contributed by atoms with Crippen LogP contribution in [0.5, 0.6) is 0 Å². The van der Waals surface area contributed by atoms with E-state index in [1.54, 1.807) is 0 Å². The molecule has 176 valence electrons. The van der Waals surface area contributed by atoms with Crippen LogP contribution in [0.3, 0.4) is 0 Å². The third kappa shape index (κ3) is 6.46. The second kappa shape index (κ2) is 13.3. The molecule has 0 nitrogen and oxygen atoms in total. The maximum absolute atomic E-state index is 2.37. The van der Waals surface area contributed by atoms with Crippen molar-refractivity contribution in [2.75, 3.05) is 6.16 Å². The van der Waals surface area contributed by atoms with Gasteiger partial charge in [0.25, 0.3) is 0 Å². The Balaban J connectivity index is 1.36. The molecule has 0 saturated carbocycles. The Morgan fingerprint density at radius 2 is 0.706 bits per heavy atom. The molecule has 0 amide bonds. The van der Waals surface area contributed by atoms with Crippen LogP contribution >= 0.6 is 7.26 Å². The van der Waals surface area contributed by atoms with E-state index >= 15 is 0 Å². The number of aryl methyl sites for hydroxylation is 1. The predicted molar refractivity (Wildman–Crippen MR) is 154 cm³/mol. The molecule has 0 aromatic heterocycles. The minimum atomic E-state index is -2.04. The Labute approximate surface area is 207 Å². The summed E-state index contributed by atoms with van der Waals surface area (Å²) in [6, 6.07) is 44.9. The van der Waals surface area contributed by atoms with E-state index in [-0.39, 0.29) is 0 Å². The Hall–Kier alpha value is -2.69. The van der Waals surface area contributed by atoms with Gasteiger partial charge in [-0.25, -0.2) is 0 Å². The quantitative estimate of drug-likeness (QED) is 0.140. The molecule has 0 aliphatic heterocycles. The molecule has 0 spiro atoms. The van der Waals surface area contributed by atoms with Crippen molar-refractivity contribution >= 4 is 23.2 Å². The molecule has 0 N–H and O–H groups in total. The van der Waals surface area contributed by atoms with E-state index in [2.05, 4.69) is 121 Å². The Morgan fingerprint density at radius 3 is 1.15 bits per heavy atom. The van der Waals surface area contributed by atoms with Gasteiger partial charge in [-0.2, -0.15) is 0 Å². The molecular weight excluding hydrogens is 427 g/mol. The maximum atomic E-state index is 2.37. The summed E-state index contributed by atoms with van der Waals surface area (Å²) in [6.07, 6.45) is 11.9. The number of rotatable bonds is 13. The van der Waals surface area contributed by atoms with E-state index in [4.69, 9.17) is 0 Å². The first-order valence-electron chi connectivity index (χ1n) is 13.1. The van der Waals surface area contributed by atoms with E-state index in [0.29, 0.717) is 0 Å². The van der Waals surface area contributed by atoms with Gasteiger partial charge in [-0.15, -0.1) is 0 Å². The summed E-state index contributed by atoms with van der Waals surface area (Å²) in [5.41, 5.74) is 1.48. The van der Waals surface area contributed by atoms with Crippen LogP contribution in [-0.4, -0.2) is 6.16 Å². The normalized spacial score (nSPS) is 11.9. The van der Waals surface area contributed by atoms with Crippen molar-refractivity contribution in [1.29, 1.82) is 0 Å². The van der Waals surface area contributed by atoms with Gasteiger partial charge < -0.3 is 0 Å². The van der Waals surface area contributed by atoms with E-state index in [1.165, 1.54) is 79.0 Å². The number of unbranched alkanes of at least 4 members (excludes halogenated alkanes) is 6. The van der Waals surface area contributed by atoms with Crippen molar-refractivity contribution in [3.05, 3.63) is 127 Å².